The highest BCUT2D eigenvalue weighted by Gasteiger charge is 2.17. The molecule has 0 aliphatic heterocycles. The van der Waals surface area contributed by atoms with Gasteiger partial charge in [0.2, 0.25) is 10.0 Å². The molecule has 0 radical (unpaired) electrons. The Hall–Kier alpha value is -1.33. The number of rotatable bonds is 6. The molecule has 0 saturated carbocycles. The Balaban J connectivity index is 2.05. The standard InChI is InChI=1S/C17H25NO3S/c1-13-11-16(12-14(2)17(13)21-3)22(19,20)18-10-9-15-7-5-4-6-8-15/h7,11-12,18H,4-6,8-10H2,1-3H3. The van der Waals surface area contributed by atoms with Gasteiger partial charge in [0.05, 0.1) is 12.0 Å². The first kappa shape index (κ1) is 17.0. The molecule has 0 heterocycles. The molecule has 0 amide bonds. The van der Waals surface area contributed by atoms with Crippen molar-refractivity contribution >= 4 is 10.0 Å². The second-order valence-corrected chi connectivity index (χ2v) is 7.61. The van der Waals surface area contributed by atoms with E-state index in [-0.39, 0.29) is 0 Å². The molecule has 2 rings (SSSR count). The van der Waals surface area contributed by atoms with Gasteiger partial charge < -0.3 is 4.74 Å². The number of allylic oxidation sites excluding steroid dienone is 1. The average molecular weight is 323 g/mol. The Morgan fingerprint density at radius 3 is 2.41 bits per heavy atom. The predicted octanol–water partition coefficient (Wildman–Crippen LogP) is 3.48. The van der Waals surface area contributed by atoms with E-state index in [1.807, 2.05) is 13.8 Å². The molecule has 22 heavy (non-hydrogen) atoms. The number of aryl methyl sites for hydroxylation is 2. The van der Waals surface area contributed by atoms with Crippen molar-refractivity contribution in [3.05, 3.63) is 34.9 Å². The Morgan fingerprint density at radius 1 is 1.18 bits per heavy atom. The van der Waals surface area contributed by atoms with E-state index in [1.54, 1.807) is 19.2 Å². The number of ether oxygens (including phenoxy) is 1. The summed E-state index contributed by atoms with van der Waals surface area (Å²) in [6.45, 7) is 4.17. The number of methoxy groups -OCH3 is 1. The Morgan fingerprint density at radius 2 is 1.86 bits per heavy atom. The molecule has 5 heteroatoms. The monoisotopic (exact) mass is 323 g/mol. The maximum absolute atomic E-state index is 12.4. The average Bonchev–Trinajstić information content (AvgIpc) is 2.48. The molecule has 1 aromatic rings. The van der Waals surface area contributed by atoms with Crippen molar-refractivity contribution in [2.24, 2.45) is 0 Å². The quantitative estimate of drug-likeness (QED) is 0.815. The second kappa shape index (κ2) is 7.29. The zero-order valence-corrected chi connectivity index (χ0v) is 14.4. The van der Waals surface area contributed by atoms with E-state index in [1.165, 1.54) is 18.4 Å². The second-order valence-electron chi connectivity index (χ2n) is 5.85. The first-order chi connectivity index (χ1) is 10.4. The zero-order chi connectivity index (χ0) is 16.2. The van der Waals surface area contributed by atoms with Crippen molar-refractivity contribution in [2.45, 2.75) is 50.8 Å². The molecule has 1 aliphatic rings. The molecular weight excluding hydrogens is 298 g/mol. The van der Waals surface area contributed by atoms with Crippen LogP contribution in [0.5, 0.6) is 5.75 Å². The first-order valence-corrected chi connectivity index (χ1v) is 9.25. The van der Waals surface area contributed by atoms with Gasteiger partial charge in [0.25, 0.3) is 0 Å². The van der Waals surface area contributed by atoms with Crippen LogP contribution in [-0.4, -0.2) is 22.1 Å². The highest BCUT2D eigenvalue weighted by molar-refractivity contribution is 7.89. The summed E-state index contributed by atoms with van der Waals surface area (Å²) < 4.78 is 32.8. The van der Waals surface area contributed by atoms with Gasteiger partial charge in [0, 0.05) is 6.54 Å². The number of benzene rings is 1. The lowest BCUT2D eigenvalue weighted by atomic mass is 9.97. The largest absolute Gasteiger partial charge is 0.496 e. The summed E-state index contributed by atoms with van der Waals surface area (Å²) in [6.07, 6.45) is 7.74. The molecule has 0 saturated heterocycles. The number of sulfonamides is 1. The van der Waals surface area contributed by atoms with Gasteiger partial charge in [-0.05, 0) is 69.2 Å². The summed E-state index contributed by atoms with van der Waals surface area (Å²) >= 11 is 0. The summed E-state index contributed by atoms with van der Waals surface area (Å²) in [6, 6.07) is 3.32. The summed E-state index contributed by atoms with van der Waals surface area (Å²) in [7, 11) is -1.87. The maximum atomic E-state index is 12.4. The molecule has 0 bridgehead atoms. The minimum atomic E-state index is -3.46. The minimum Gasteiger partial charge on any atom is -0.496 e. The number of hydrogen-bond donors (Lipinski definition) is 1. The van der Waals surface area contributed by atoms with Gasteiger partial charge in [-0.2, -0.15) is 0 Å². The van der Waals surface area contributed by atoms with E-state index in [9.17, 15) is 8.42 Å². The van der Waals surface area contributed by atoms with E-state index in [0.717, 1.165) is 36.1 Å². The molecule has 0 aromatic heterocycles. The van der Waals surface area contributed by atoms with Gasteiger partial charge in [-0.3, -0.25) is 0 Å². The van der Waals surface area contributed by atoms with Crippen molar-refractivity contribution in [3.63, 3.8) is 0 Å². The topological polar surface area (TPSA) is 55.4 Å². The van der Waals surface area contributed by atoms with Gasteiger partial charge in [-0.25, -0.2) is 13.1 Å². The van der Waals surface area contributed by atoms with Gasteiger partial charge in [0.1, 0.15) is 5.75 Å². The molecule has 0 spiro atoms. The van der Waals surface area contributed by atoms with Crippen LogP contribution in [-0.2, 0) is 10.0 Å². The Labute approximate surface area is 133 Å². The molecule has 0 atom stereocenters. The van der Waals surface area contributed by atoms with Gasteiger partial charge >= 0.3 is 0 Å². The van der Waals surface area contributed by atoms with Crippen molar-refractivity contribution in [3.8, 4) is 5.75 Å². The van der Waals surface area contributed by atoms with Crippen LogP contribution in [0.3, 0.4) is 0 Å². The fourth-order valence-corrected chi connectivity index (χ4v) is 4.15. The fourth-order valence-electron chi connectivity index (χ4n) is 2.95. The molecule has 0 fully saturated rings. The summed E-state index contributed by atoms with van der Waals surface area (Å²) in [5.41, 5.74) is 3.03. The Bertz CT molecular complexity index is 639. The SMILES string of the molecule is COc1c(C)cc(S(=O)(=O)NCCC2=CCCCC2)cc1C. The third kappa shape index (κ3) is 4.11. The molecule has 122 valence electrons. The third-order valence-corrected chi connectivity index (χ3v) is 5.51. The first-order valence-electron chi connectivity index (χ1n) is 7.77. The lowest BCUT2D eigenvalue weighted by Gasteiger charge is -2.14. The Kier molecular flexibility index (Phi) is 5.64. The van der Waals surface area contributed by atoms with Gasteiger partial charge in [0.15, 0.2) is 0 Å². The van der Waals surface area contributed by atoms with Crippen molar-refractivity contribution in [1.29, 1.82) is 0 Å². The van der Waals surface area contributed by atoms with Crippen LogP contribution in [0.1, 0.15) is 43.2 Å². The highest BCUT2D eigenvalue weighted by Crippen LogP contribution is 2.26. The van der Waals surface area contributed by atoms with Crippen molar-refractivity contribution in [2.75, 3.05) is 13.7 Å². The van der Waals surface area contributed by atoms with E-state index < -0.39 is 10.0 Å². The van der Waals surface area contributed by atoms with Gasteiger partial charge in [-0.15, -0.1) is 0 Å². The van der Waals surface area contributed by atoms with E-state index >= 15 is 0 Å². The smallest absolute Gasteiger partial charge is 0.240 e. The number of hydrogen-bond acceptors (Lipinski definition) is 3. The molecular formula is C17H25NO3S. The van der Waals surface area contributed by atoms with E-state index in [0.29, 0.717) is 11.4 Å². The summed E-state index contributed by atoms with van der Waals surface area (Å²) in [4.78, 5) is 0.306. The lowest BCUT2D eigenvalue weighted by molar-refractivity contribution is 0.408. The molecule has 4 nitrogen and oxygen atoms in total. The minimum absolute atomic E-state index is 0.306. The van der Waals surface area contributed by atoms with Crippen LogP contribution in [0.2, 0.25) is 0 Å². The lowest BCUT2D eigenvalue weighted by Crippen LogP contribution is -2.25. The molecule has 1 aromatic carbocycles. The van der Waals surface area contributed by atoms with E-state index in [4.69, 9.17) is 4.74 Å². The van der Waals surface area contributed by atoms with Crippen molar-refractivity contribution < 1.29 is 13.2 Å². The zero-order valence-electron chi connectivity index (χ0n) is 13.6. The van der Waals surface area contributed by atoms with Crippen LogP contribution in [0.15, 0.2) is 28.7 Å². The van der Waals surface area contributed by atoms with Gasteiger partial charge in [-0.1, -0.05) is 11.6 Å². The fraction of sp³-hybridized carbons (Fsp3) is 0.529. The van der Waals surface area contributed by atoms with Crippen LogP contribution in [0, 0.1) is 13.8 Å². The normalized spacial score (nSPS) is 15.5. The predicted molar refractivity (Wildman–Crippen MR) is 88.8 cm³/mol. The maximum Gasteiger partial charge on any atom is 0.240 e. The highest BCUT2D eigenvalue weighted by atomic mass is 32.2. The molecule has 1 aliphatic carbocycles. The number of nitrogens with one attached hydrogen (secondary N) is 1. The third-order valence-electron chi connectivity index (χ3n) is 4.07. The summed E-state index contributed by atoms with van der Waals surface area (Å²) in [5.74, 6) is 0.742. The van der Waals surface area contributed by atoms with Crippen LogP contribution < -0.4 is 9.46 Å². The van der Waals surface area contributed by atoms with E-state index in [2.05, 4.69) is 10.8 Å². The summed E-state index contributed by atoms with van der Waals surface area (Å²) in [5, 5.41) is 0. The van der Waals surface area contributed by atoms with Crippen LogP contribution in [0.25, 0.3) is 0 Å². The molecule has 1 N–H and O–H groups in total. The molecule has 0 unspecified atom stereocenters. The van der Waals surface area contributed by atoms with Crippen molar-refractivity contribution in [1.82, 2.24) is 4.72 Å². The van der Waals surface area contributed by atoms with Crippen LogP contribution >= 0.6 is 0 Å². The van der Waals surface area contributed by atoms with Crippen LogP contribution in [0.4, 0.5) is 0 Å².